The van der Waals surface area contributed by atoms with Crippen molar-refractivity contribution in [3.63, 3.8) is 0 Å². The minimum Gasteiger partial charge on any atom is -0.399 e. The second-order valence-corrected chi connectivity index (χ2v) is 5.64. The van der Waals surface area contributed by atoms with E-state index in [0.717, 1.165) is 30.3 Å². The van der Waals surface area contributed by atoms with Crippen LogP contribution in [-0.4, -0.2) is 12.1 Å². The lowest BCUT2D eigenvalue weighted by molar-refractivity contribution is -0.155. The van der Waals surface area contributed by atoms with Gasteiger partial charge in [0.25, 0.3) is 5.91 Å². The van der Waals surface area contributed by atoms with Crippen LogP contribution < -0.4 is 11.1 Å². The van der Waals surface area contributed by atoms with Gasteiger partial charge in [0.15, 0.2) is 6.04 Å². The lowest BCUT2D eigenvalue weighted by Gasteiger charge is -2.23. The zero-order valence-electron chi connectivity index (χ0n) is 13.4. The highest BCUT2D eigenvalue weighted by Gasteiger charge is 2.42. The first kappa shape index (κ1) is 19.6. The van der Waals surface area contributed by atoms with Crippen LogP contribution in [0.25, 0.3) is 0 Å². The van der Waals surface area contributed by atoms with Crippen molar-refractivity contribution in [2.45, 2.75) is 25.3 Å². The van der Waals surface area contributed by atoms with Gasteiger partial charge >= 0.3 is 12.4 Å². The summed E-state index contributed by atoms with van der Waals surface area (Å²) < 4.78 is 78.2. The average molecular weight is 376 g/mol. The van der Waals surface area contributed by atoms with Gasteiger partial charge < -0.3 is 11.1 Å². The van der Waals surface area contributed by atoms with E-state index in [2.05, 4.69) is 0 Å². The lowest BCUT2D eigenvalue weighted by atomic mass is 10.0. The quantitative estimate of drug-likeness (QED) is 0.606. The van der Waals surface area contributed by atoms with Gasteiger partial charge in [0, 0.05) is 11.3 Å². The predicted molar refractivity (Wildman–Crippen MR) is 83.3 cm³/mol. The molecule has 0 aliphatic heterocycles. The molecule has 9 heteroatoms. The van der Waals surface area contributed by atoms with Crippen LogP contribution in [0.2, 0.25) is 0 Å². The number of rotatable bonds is 3. The van der Waals surface area contributed by atoms with Crippen molar-refractivity contribution >= 4 is 11.6 Å². The molecule has 0 radical (unpaired) electrons. The number of hydrogen-bond donors (Lipinski definition) is 2. The first-order valence-electron chi connectivity index (χ1n) is 7.30. The monoisotopic (exact) mass is 376 g/mol. The smallest absolute Gasteiger partial charge is 0.399 e. The van der Waals surface area contributed by atoms with Crippen LogP contribution in [-0.2, 0) is 6.18 Å². The van der Waals surface area contributed by atoms with Crippen molar-refractivity contribution in [1.82, 2.24) is 5.32 Å². The lowest BCUT2D eigenvalue weighted by Crippen LogP contribution is -2.38. The van der Waals surface area contributed by atoms with E-state index in [1.54, 1.807) is 12.2 Å². The molecule has 0 spiro atoms. The summed E-state index contributed by atoms with van der Waals surface area (Å²) in [4.78, 5) is 12.1. The van der Waals surface area contributed by atoms with Crippen LogP contribution in [0.5, 0.6) is 0 Å². The van der Waals surface area contributed by atoms with E-state index in [1.807, 2.05) is 0 Å². The molecule has 0 saturated heterocycles. The van der Waals surface area contributed by atoms with Crippen molar-refractivity contribution in [3.8, 4) is 0 Å². The van der Waals surface area contributed by atoms with Gasteiger partial charge in [-0.3, -0.25) is 4.79 Å². The summed E-state index contributed by atoms with van der Waals surface area (Å²) >= 11 is 0. The third-order valence-electron chi connectivity index (χ3n) is 3.69. The average Bonchev–Trinajstić information content (AvgIpc) is 2.53. The first-order valence-corrected chi connectivity index (χ1v) is 7.30. The van der Waals surface area contributed by atoms with E-state index in [9.17, 15) is 31.1 Å². The molecule has 2 aromatic rings. The van der Waals surface area contributed by atoms with Crippen LogP contribution >= 0.6 is 0 Å². The van der Waals surface area contributed by atoms with Crippen molar-refractivity contribution in [3.05, 3.63) is 64.7 Å². The fraction of sp³-hybridized carbons (Fsp3) is 0.235. The number of alkyl halides is 6. The van der Waals surface area contributed by atoms with E-state index in [1.165, 1.54) is 6.07 Å². The molecule has 1 amide bonds. The largest absolute Gasteiger partial charge is 0.416 e. The standard InChI is InChI=1S/C17H14F6N2O/c1-9-5-6-10(8-13(9)24)14(17(21,22)23)25-15(26)11-3-2-4-12(7-11)16(18,19)20/h2-8,14H,24H2,1H3,(H,25,26)/t14-/m1/s1. The number of aryl methyl sites for hydroxylation is 1. The molecule has 0 fully saturated rings. The number of halogens is 6. The maximum atomic E-state index is 13.3. The van der Waals surface area contributed by atoms with Gasteiger partial charge in [-0.15, -0.1) is 0 Å². The zero-order valence-corrected chi connectivity index (χ0v) is 13.4. The maximum Gasteiger partial charge on any atom is 0.416 e. The van der Waals surface area contributed by atoms with Gasteiger partial charge in [-0.05, 0) is 42.3 Å². The molecule has 3 N–H and O–H groups in total. The van der Waals surface area contributed by atoms with E-state index in [4.69, 9.17) is 5.73 Å². The number of anilines is 1. The normalized spacial score (nSPS) is 13.3. The van der Waals surface area contributed by atoms with Crippen molar-refractivity contribution in [1.29, 1.82) is 0 Å². The highest BCUT2D eigenvalue weighted by Crippen LogP contribution is 2.34. The minimum absolute atomic E-state index is 0.102. The fourth-order valence-corrected chi connectivity index (χ4v) is 2.24. The highest BCUT2D eigenvalue weighted by atomic mass is 19.4. The number of carbonyl (C=O) groups excluding carboxylic acids is 1. The predicted octanol–water partition coefficient (Wildman–Crippen LogP) is 4.63. The molecular formula is C17H14F6N2O. The Labute approximate surface area is 144 Å². The summed E-state index contributed by atoms with van der Waals surface area (Å²) in [6.45, 7) is 1.60. The number of nitrogens with one attached hydrogen (secondary N) is 1. The Morgan fingerprint density at radius 2 is 1.69 bits per heavy atom. The van der Waals surface area contributed by atoms with E-state index >= 15 is 0 Å². The Morgan fingerprint density at radius 1 is 1.04 bits per heavy atom. The third kappa shape index (κ3) is 4.47. The molecule has 0 saturated carbocycles. The Hall–Kier alpha value is -2.71. The maximum absolute atomic E-state index is 13.3. The summed E-state index contributed by atoms with van der Waals surface area (Å²) in [6.07, 6.45) is -9.58. The third-order valence-corrected chi connectivity index (χ3v) is 3.69. The molecule has 0 aliphatic carbocycles. The Balaban J connectivity index is 2.35. The van der Waals surface area contributed by atoms with Crippen molar-refractivity contribution in [2.75, 3.05) is 5.73 Å². The fourth-order valence-electron chi connectivity index (χ4n) is 2.24. The SMILES string of the molecule is Cc1ccc([C@@H](NC(=O)c2cccc(C(F)(F)F)c2)C(F)(F)F)cc1N. The summed E-state index contributed by atoms with van der Waals surface area (Å²) in [5.41, 5.74) is 4.28. The van der Waals surface area contributed by atoms with E-state index in [0.29, 0.717) is 11.6 Å². The number of hydrogen-bond acceptors (Lipinski definition) is 2. The second-order valence-electron chi connectivity index (χ2n) is 5.64. The van der Waals surface area contributed by atoms with Crippen LogP contribution in [0.3, 0.4) is 0 Å². The Bertz CT molecular complexity index is 814. The summed E-state index contributed by atoms with van der Waals surface area (Å²) in [5, 5.41) is 1.73. The van der Waals surface area contributed by atoms with Gasteiger partial charge in [0.1, 0.15) is 0 Å². The molecule has 2 aromatic carbocycles. The second kappa shape index (κ2) is 6.89. The van der Waals surface area contributed by atoms with Crippen molar-refractivity contribution in [2.24, 2.45) is 0 Å². The number of amides is 1. The molecule has 0 heterocycles. The molecule has 0 unspecified atom stereocenters. The van der Waals surface area contributed by atoms with Crippen LogP contribution in [0, 0.1) is 6.92 Å². The first-order chi connectivity index (χ1) is 11.9. The number of nitrogens with two attached hydrogens (primary N) is 1. The topological polar surface area (TPSA) is 55.1 Å². The minimum atomic E-state index is -4.86. The van der Waals surface area contributed by atoms with E-state index < -0.39 is 35.4 Å². The number of benzene rings is 2. The number of nitrogen functional groups attached to an aromatic ring is 1. The van der Waals surface area contributed by atoms with Crippen LogP contribution in [0.4, 0.5) is 32.0 Å². The molecular weight excluding hydrogens is 362 g/mol. The Kier molecular flexibility index (Phi) is 5.20. The van der Waals surface area contributed by atoms with Crippen LogP contribution in [0.15, 0.2) is 42.5 Å². The molecule has 26 heavy (non-hydrogen) atoms. The molecule has 3 nitrogen and oxygen atoms in total. The van der Waals surface area contributed by atoms with Crippen molar-refractivity contribution < 1.29 is 31.1 Å². The molecule has 0 aromatic heterocycles. The summed E-state index contributed by atoms with van der Waals surface area (Å²) in [5.74, 6) is -1.28. The van der Waals surface area contributed by atoms with Crippen LogP contribution in [0.1, 0.15) is 33.1 Å². The number of carbonyl (C=O) groups is 1. The van der Waals surface area contributed by atoms with Gasteiger partial charge in [0.05, 0.1) is 5.56 Å². The Morgan fingerprint density at radius 3 is 2.23 bits per heavy atom. The zero-order chi connectivity index (χ0) is 19.7. The molecule has 0 aliphatic rings. The van der Waals surface area contributed by atoms with Gasteiger partial charge in [-0.25, -0.2) is 0 Å². The van der Waals surface area contributed by atoms with Gasteiger partial charge in [0.2, 0.25) is 0 Å². The molecule has 1 atom stereocenters. The van der Waals surface area contributed by atoms with Gasteiger partial charge in [-0.2, -0.15) is 26.3 Å². The molecule has 0 bridgehead atoms. The summed E-state index contributed by atoms with van der Waals surface area (Å²) in [6, 6.07) is 4.33. The molecule has 140 valence electrons. The highest BCUT2D eigenvalue weighted by molar-refractivity contribution is 5.94. The van der Waals surface area contributed by atoms with E-state index in [-0.39, 0.29) is 11.3 Å². The molecule has 2 rings (SSSR count). The van der Waals surface area contributed by atoms with Gasteiger partial charge in [-0.1, -0.05) is 18.2 Å². The summed E-state index contributed by atoms with van der Waals surface area (Å²) in [7, 11) is 0.